The van der Waals surface area contributed by atoms with Gasteiger partial charge < -0.3 is 0 Å². The van der Waals surface area contributed by atoms with Gasteiger partial charge in [0.2, 0.25) is 0 Å². The molecular weight excluding hydrogens is 204 g/mol. The van der Waals surface area contributed by atoms with E-state index in [0.29, 0.717) is 0 Å². The van der Waals surface area contributed by atoms with E-state index in [1.54, 1.807) is 0 Å². The summed E-state index contributed by atoms with van der Waals surface area (Å²) in [6, 6.07) is 0. The molecule has 1 heterocycles. The van der Waals surface area contributed by atoms with Crippen molar-refractivity contribution in [1.82, 2.24) is 3.71 Å². The van der Waals surface area contributed by atoms with Crippen molar-refractivity contribution >= 4 is 20.2 Å². The van der Waals surface area contributed by atoms with Crippen LogP contribution in [0.4, 0.5) is 0 Å². The minimum Gasteiger partial charge on any atom is -0.210 e. The van der Waals surface area contributed by atoms with Gasteiger partial charge in [-0.15, -0.1) is 0 Å². The number of allylic oxidation sites excluding steroid dienone is 2. The summed E-state index contributed by atoms with van der Waals surface area (Å²) in [7, 11) is -8.15. The molecule has 0 fully saturated rings. The fourth-order valence-electron chi connectivity index (χ4n) is 0.639. The molecular formula is C4H6N2O4S2. The van der Waals surface area contributed by atoms with E-state index in [-0.39, 0.29) is 3.71 Å². The van der Waals surface area contributed by atoms with E-state index >= 15 is 0 Å². The molecule has 0 bridgehead atoms. The van der Waals surface area contributed by atoms with Crippen molar-refractivity contribution in [2.24, 2.45) is 5.14 Å². The molecule has 0 aliphatic carbocycles. The molecule has 0 spiro atoms. The largest absolute Gasteiger partial charge is 0.311 e. The molecule has 8 heteroatoms. The molecule has 2 N–H and O–H groups in total. The van der Waals surface area contributed by atoms with Gasteiger partial charge >= 0.3 is 10.2 Å². The Morgan fingerprint density at radius 1 is 1.25 bits per heavy atom. The Balaban J connectivity index is 3.28. The Labute approximate surface area is 70.2 Å². The van der Waals surface area contributed by atoms with E-state index in [1.807, 2.05) is 0 Å². The number of rotatable bonds is 1. The molecule has 12 heavy (non-hydrogen) atoms. The van der Waals surface area contributed by atoms with Gasteiger partial charge in [0.1, 0.15) is 0 Å². The molecule has 68 valence electrons. The summed E-state index contributed by atoms with van der Waals surface area (Å²) in [4.78, 5) is 0. The van der Waals surface area contributed by atoms with E-state index in [9.17, 15) is 16.8 Å². The van der Waals surface area contributed by atoms with Crippen molar-refractivity contribution in [3.63, 3.8) is 0 Å². The van der Waals surface area contributed by atoms with Gasteiger partial charge in [0, 0.05) is 6.20 Å². The van der Waals surface area contributed by atoms with Crippen LogP contribution in [0.3, 0.4) is 0 Å². The minimum atomic E-state index is -4.23. The summed E-state index contributed by atoms with van der Waals surface area (Å²) in [6.45, 7) is 0. The third kappa shape index (κ3) is 1.65. The molecule has 0 aromatic carbocycles. The number of hydrogen-bond acceptors (Lipinski definition) is 4. The predicted octanol–water partition coefficient (Wildman–Crippen LogP) is -1.14. The van der Waals surface area contributed by atoms with Crippen LogP contribution in [-0.2, 0) is 20.2 Å². The van der Waals surface area contributed by atoms with Crippen molar-refractivity contribution in [2.45, 2.75) is 0 Å². The van der Waals surface area contributed by atoms with Crippen LogP contribution in [0, 0.1) is 0 Å². The van der Waals surface area contributed by atoms with E-state index in [1.165, 1.54) is 12.2 Å². The van der Waals surface area contributed by atoms with E-state index < -0.39 is 20.2 Å². The summed E-state index contributed by atoms with van der Waals surface area (Å²) < 4.78 is 43.3. The Morgan fingerprint density at radius 3 is 2.17 bits per heavy atom. The second-order valence-electron chi connectivity index (χ2n) is 1.99. The maximum atomic E-state index is 11.0. The van der Waals surface area contributed by atoms with Gasteiger partial charge in [-0.3, -0.25) is 0 Å². The molecule has 0 unspecified atom stereocenters. The first-order valence-corrected chi connectivity index (χ1v) is 5.77. The average Bonchev–Trinajstić information content (AvgIpc) is 1.83. The van der Waals surface area contributed by atoms with Crippen LogP contribution in [-0.4, -0.2) is 20.5 Å². The summed E-state index contributed by atoms with van der Waals surface area (Å²) in [6.07, 6.45) is 3.33. The molecule has 0 aromatic rings. The van der Waals surface area contributed by atoms with Gasteiger partial charge in [0.05, 0.1) is 5.41 Å². The summed E-state index contributed by atoms with van der Waals surface area (Å²) in [5.41, 5.74) is 0. The van der Waals surface area contributed by atoms with Crippen LogP contribution in [0.15, 0.2) is 23.8 Å². The fraction of sp³-hybridized carbons (Fsp3) is 0. The molecule has 1 aliphatic rings. The molecule has 0 atom stereocenters. The fourth-order valence-corrected chi connectivity index (χ4v) is 2.84. The maximum absolute atomic E-state index is 11.0. The van der Waals surface area contributed by atoms with Gasteiger partial charge in [0.25, 0.3) is 10.0 Å². The van der Waals surface area contributed by atoms with Crippen LogP contribution in [0.5, 0.6) is 0 Å². The third-order valence-corrected chi connectivity index (χ3v) is 4.07. The predicted molar refractivity (Wildman–Crippen MR) is 42.1 cm³/mol. The highest BCUT2D eigenvalue weighted by molar-refractivity contribution is 8.04. The van der Waals surface area contributed by atoms with Crippen molar-refractivity contribution in [1.29, 1.82) is 0 Å². The second-order valence-corrected chi connectivity index (χ2v) is 5.34. The standard InChI is InChI=1S/C4H6N2O4S2/c5-12(9,10)6-3-1-2-4-11(6,7)8/h1-4H,(H2,5,9,10). The highest BCUT2D eigenvalue weighted by atomic mass is 32.3. The average molecular weight is 210 g/mol. The van der Waals surface area contributed by atoms with Gasteiger partial charge in [-0.25, -0.2) is 13.6 Å². The topological polar surface area (TPSA) is 97.5 Å². The Bertz CT molecular complexity index is 430. The van der Waals surface area contributed by atoms with E-state index in [2.05, 4.69) is 5.14 Å². The smallest absolute Gasteiger partial charge is 0.210 e. The zero-order chi connectivity index (χ0) is 9.41. The van der Waals surface area contributed by atoms with Crippen LogP contribution in [0.2, 0.25) is 0 Å². The first kappa shape index (κ1) is 9.23. The number of nitrogens with two attached hydrogens (primary N) is 1. The van der Waals surface area contributed by atoms with Crippen molar-refractivity contribution in [2.75, 3.05) is 0 Å². The lowest BCUT2D eigenvalue weighted by molar-refractivity contribution is 0.543. The highest BCUT2D eigenvalue weighted by Gasteiger charge is 2.26. The van der Waals surface area contributed by atoms with Crippen molar-refractivity contribution < 1.29 is 16.8 Å². The van der Waals surface area contributed by atoms with Crippen molar-refractivity contribution in [3.05, 3.63) is 23.8 Å². The Morgan fingerprint density at radius 2 is 1.83 bits per heavy atom. The second kappa shape index (κ2) is 2.57. The van der Waals surface area contributed by atoms with Gasteiger partial charge in [-0.1, -0.05) is 0 Å². The summed E-state index contributed by atoms with van der Waals surface area (Å²) in [5, 5.41) is 5.37. The first-order valence-electron chi connectivity index (χ1n) is 2.76. The number of hydrogen-bond donors (Lipinski definition) is 1. The SMILES string of the molecule is NS(=O)(=O)N1C=CC=CS1(=O)=O. The normalized spacial score (nSPS) is 21.2. The van der Waals surface area contributed by atoms with Crippen LogP contribution >= 0.6 is 0 Å². The molecule has 0 amide bonds. The molecule has 0 aromatic heterocycles. The molecule has 1 rings (SSSR count). The summed E-state index contributed by atoms with van der Waals surface area (Å²) in [5.74, 6) is 0. The van der Waals surface area contributed by atoms with Gasteiger partial charge in [-0.2, -0.15) is 12.1 Å². The number of nitrogens with zero attached hydrogens (tertiary/aromatic N) is 1. The minimum absolute atomic E-state index is 0.0972. The van der Waals surface area contributed by atoms with Crippen LogP contribution in [0.25, 0.3) is 0 Å². The molecule has 0 saturated carbocycles. The van der Waals surface area contributed by atoms with E-state index in [0.717, 1.165) is 11.6 Å². The monoisotopic (exact) mass is 210 g/mol. The van der Waals surface area contributed by atoms with Crippen LogP contribution < -0.4 is 5.14 Å². The molecule has 0 radical (unpaired) electrons. The van der Waals surface area contributed by atoms with Gasteiger partial charge in [-0.05, 0) is 12.2 Å². The molecule has 1 aliphatic heterocycles. The lowest BCUT2D eigenvalue weighted by atomic mass is 10.6. The van der Waals surface area contributed by atoms with Crippen molar-refractivity contribution in [3.8, 4) is 0 Å². The van der Waals surface area contributed by atoms with E-state index in [4.69, 9.17) is 0 Å². The van der Waals surface area contributed by atoms with Crippen LogP contribution in [0.1, 0.15) is 0 Å². The maximum Gasteiger partial charge on any atom is 0.311 e. The zero-order valence-corrected chi connectivity index (χ0v) is 7.42. The van der Waals surface area contributed by atoms with Gasteiger partial charge in [0.15, 0.2) is 0 Å². The molecule has 0 saturated heterocycles. The quantitative estimate of drug-likeness (QED) is 0.591. The summed E-state index contributed by atoms with van der Waals surface area (Å²) >= 11 is 0. The Hall–Kier alpha value is -0.860. The highest BCUT2D eigenvalue weighted by Crippen LogP contribution is 2.11. The number of sulfonamides is 1. The third-order valence-electron chi connectivity index (χ3n) is 1.07. The first-order chi connectivity index (χ1) is 5.34. The zero-order valence-electron chi connectivity index (χ0n) is 5.78. The lowest BCUT2D eigenvalue weighted by Crippen LogP contribution is -2.36. The Kier molecular flexibility index (Phi) is 1.98. The lowest BCUT2D eigenvalue weighted by Gasteiger charge is -2.16. The molecule has 6 nitrogen and oxygen atoms in total.